The molecule has 0 radical (unpaired) electrons. The van der Waals surface area contributed by atoms with Crippen molar-refractivity contribution < 1.29 is 13.2 Å². The van der Waals surface area contributed by atoms with Crippen LogP contribution in [0.4, 0.5) is 0 Å². The Kier molecular flexibility index (Phi) is 4.47. The number of pyridine rings is 1. The Morgan fingerprint density at radius 1 is 1.43 bits per heavy atom. The Bertz CT molecular complexity index is 788. The number of hydrogen-bond acceptors (Lipinski definition) is 6. The van der Waals surface area contributed by atoms with Crippen molar-refractivity contribution in [3.8, 4) is 0 Å². The average Bonchev–Trinajstić information content (AvgIpc) is 3.00. The summed E-state index contributed by atoms with van der Waals surface area (Å²) in [6, 6.07) is 1.80. The van der Waals surface area contributed by atoms with Crippen LogP contribution in [-0.4, -0.2) is 54.5 Å². The maximum Gasteiger partial charge on any atom is 0.178 e. The summed E-state index contributed by atoms with van der Waals surface area (Å²) in [7, 11) is -3.33. The lowest BCUT2D eigenvalue weighted by molar-refractivity contribution is -0.0153. The number of ether oxygens (including phenoxy) is 1. The van der Waals surface area contributed by atoms with Crippen LogP contribution < -0.4 is 0 Å². The highest BCUT2D eigenvalue weighted by Gasteiger charge is 2.30. The molecule has 0 spiro atoms. The number of nitrogens with zero attached hydrogens (tertiary/aromatic N) is 3. The Balaban J connectivity index is 1.91. The summed E-state index contributed by atoms with van der Waals surface area (Å²) in [6.07, 6.45) is 6.19. The first-order valence-electron chi connectivity index (χ1n) is 7.41. The largest absolute Gasteiger partial charge is 0.378 e. The van der Waals surface area contributed by atoms with Gasteiger partial charge in [-0.25, -0.2) is 8.42 Å². The molecule has 1 fully saturated rings. The number of nitrogens with one attached hydrogen (secondary N) is 1. The number of aromatic amines is 1. The van der Waals surface area contributed by atoms with E-state index in [1.54, 1.807) is 6.20 Å². The van der Waals surface area contributed by atoms with Crippen LogP contribution in [0.1, 0.15) is 22.9 Å². The van der Waals surface area contributed by atoms with E-state index in [2.05, 4.69) is 20.1 Å². The van der Waals surface area contributed by atoms with Crippen molar-refractivity contribution in [1.82, 2.24) is 20.1 Å². The first-order valence-corrected chi connectivity index (χ1v) is 9.30. The minimum atomic E-state index is -3.33. The van der Waals surface area contributed by atoms with Gasteiger partial charge in [0.05, 0.1) is 31.1 Å². The summed E-state index contributed by atoms with van der Waals surface area (Å²) in [4.78, 5) is 6.62. The summed E-state index contributed by atoms with van der Waals surface area (Å²) in [5, 5.41) is 6.77. The van der Waals surface area contributed by atoms with Gasteiger partial charge in [-0.15, -0.1) is 0 Å². The Labute approximate surface area is 135 Å². The van der Waals surface area contributed by atoms with E-state index in [4.69, 9.17) is 4.74 Å². The molecule has 1 atom stereocenters. The van der Waals surface area contributed by atoms with Crippen molar-refractivity contribution >= 4 is 9.84 Å². The standard InChI is InChI=1S/C15H20N4O3S/c1-11-3-4-16-7-12(11)9-19-5-6-22-10-13(19)15-14(8-17-18-15)23(2,20)21/h3-4,7-8,13H,5-6,9-10H2,1-2H3,(H,17,18)/t13-/m0/s1. The minimum Gasteiger partial charge on any atom is -0.378 e. The molecule has 0 unspecified atom stereocenters. The molecule has 0 bridgehead atoms. The van der Waals surface area contributed by atoms with Gasteiger partial charge in [0.25, 0.3) is 0 Å². The van der Waals surface area contributed by atoms with E-state index in [9.17, 15) is 8.42 Å². The van der Waals surface area contributed by atoms with Gasteiger partial charge >= 0.3 is 0 Å². The summed E-state index contributed by atoms with van der Waals surface area (Å²) in [5.41, 5.74) is 2.88. The average molecular weight is 336 g/mol. The normalized spacial score (nSPS) is 19.8. The van der Waals surface area contributed by atoms with Gasteiger partial charge < -0.3 is 4.74 Å². The molecule has 2 aromatic rings. The van der Waals surface area contributed by atoms with Gasteiger partial charge in [0.15, 0.2) is 9.84 Å². The molecule has 3 rings (SSSR count). The molecule has 1 saturated heterocycles. The predicted octanol–water partition coefficient (Wildman–Crippen LogP) is 1.09. The van der Waals surface area contributed by atoms with Crippen LogP contribution in [0.25, 0.3) is 0 Å². The van der Waals surface area contributed by atoms with Crippen molar-refractivity contribution in [2.75, 3.05) is 26.0 Å². The summed E-state index contributed by atoms with van der Waals surface area (Å²) in [6.45, 7) is 4.52. The van der Waals surface area contributed by atoms with E-state index in [1.165, 1.54) is 12.5 Å². The lowest BCUT2D eigenvalue weighted by atomic mass is 10.1. The van der Waals surface area contributed by atoms with E-state index in [-0.39, 0.29) is 10.9 Å². The summed E-state index contributed by atoms with van der Waals surface area (Å²) < 4.78 is 29.5. The SMILES string of the molecule is Cc1ccncc1CN1CCOC[C@H]1c1[nH]ncc1S(C)(=O)=O. The van der Waals surface area contributed by atoms with Gasteiger partial charge in [0, 0.05) is 31.7 Å². The number of hydrogen-bond donors (Lipinski definition) is 1. The molecule has 0 aliphatic carbocycles. The van der Waals surface area contributed by atoms with Crippen molar-refractivity contribution in [2.45, 2.75) is 24.4 Å². The Morgan fingerprint density at radius 2 is 2.26 bits per heavy atom. The minimum absolute atomic E-state index is 0.171. The molecule has 2 aromatic heterocycles. The highest BCUT2D eigenvalue weighted by molar-refractivity contribution is 7.90. The van der Waals surface area contributed by atoms with Gasteiger partial charge in [-0.05, 0) is 24.1 Å². The van der Waals surface area contributed by atoms with E-state index >= 15 is 0 Å². The number of morpholine rings is 1. The maximum atomic E-state index is 11.9. The molecule has 8 heteroatoms. The van der Waals surface area contributed by atoms with E-state index < -0.39 is 9.84 Å². The molecule has 0 amide bonds. The van der Waals surface area contributed by atoms with Crippen LogP contribution in [0.5, 0.6) is 0 Å². The molecule has 7 nitrogen and oxygen atoms in total. The molecule has 3 heterocycles. The van der Waals surface area contributed by atoms with Gasteiger partial charge in [0.1, 0.15) is 4.90 Å². The van der Waals surface area contributed by atoms with Gasteiger partial charge in [-0.2, -0.15) is 5.10 Å². The third-order valence-electron chi connectivity index (χ3n) is 4.13. The Morgan fingerprint density at radius 3 is 3.00 bits per heavy atom. The fourth-order valence-electron chi connectivity index (χ4n) is 2.79. The van der Waals surface area contributed by atoms with Crippen molar-refractivity contribution in [2.24, 2.45) is 0 Å². The fourth-order valence-corrected chi connectivity index (χ4v) is 3.62. The molecule has 1 aliphatic heterocycles. The predicted molar refractivity (Wildman–Crippen MR) is 84.6 cm³/mol. The second-order valence-electron chi connectivity index (χ2n) is 5.78. The lowest BCUT2D eigenvalue weighted by Crippen LogP contribution is -2.39. The lowest BCUT2D eigenvalue weighted by Gasteiger charge is -2.35. The number of aromatic nitrogens is 3. The third kappa shape index (κ3) is 3.44. The second kappa shape index (κ2) is 6.38. The van der Waals surface area contributed by atoms with Crippen molar-refractivity contribution in [1.29, 1.82) is 0 Å². The monoisotopic (exact) mass is 336 g/mol. The maximum absolute atomic E-state index is 11.9. The van der Waals surface area contributed by atoms with Crippen LogP contribution >= 0.6 is 0 Å². The van der Waals surface area contributed by atoms with Crippen LogP contribution in [0.15, 0.2) is 29.6 Å². The van der Waals surface area contributed by atoms with Gasteiger partial charge in [-0.3, -0.25) is 15.0 Å². The molecule has 0 aromatic carbocycles. The van der Waals surface area contributed by atoms with Crippen molar-refractivity contribution in [3.05, 3.63) is 41.5 Å². The molecule has 0 saturated carbocycles. The highest BCUT2D eigenvalue weighted by atomic mass is 32.2. The number of H-pyrrole nitrogens is 1. The zero-order valence-electron chi connectivity index (χ0n) is 13.2. The van der Waals surface area contributed by atoms with Crippen molar-refractivity contribution in [3.63, 3.8) is 0 Å². The third-order valence-corrected chi connectivity index (χ3v) is 5.25. The number of aryl methyl sites for hydroxylation is 1. The zero-order chi connectivity index (χ0) is 16.4. The van der Waals surface area contributed by atoms with Crippen LogP contribution in [0, 0.1) is 6.92 Å². The Hall–Kier alpha value is -1.77. The smallest absolute Gasteiger partial charge is 0.178 e. The molecular formula is C15H20N4O3S. The molecule has 1 N–H and O–H groups in total. The molecule has 1 aliphatic rings. The first-order chi connectivity index (χ1) is 11.0. The molecular weight excluding hydrogens is 316 g/mol. The van der Waals surface area contributed by atoms with E-state index in [0.717, 1.165) is 17.7 Å². The van der Waals surface area contributed by atoms with Crippen LogP contribution in [0.3, 0.4) is 0 Å². The van der Waals surface area contributed by atoms with E-state index in [1.807, 2.05) is 19.2 Å². The van der Waals surface area contributed by atoms with Gasteiger partial charge in [-0.1, -0.05) is 0 Å². The second-order valence-corrected chi connectivity index (χ2v) is 7.77. The topological polar surface area (TPSA) is 88.2 Å². The molecule has 124 valence electrons. The van der Waals surface area contributed by atoms with Gasteiger partial charge in [0.2, 0.25) is 0 Å². The van der Waals surface area contributed by atoms with Crippen LogP contribution in [0.2, 0.25) is 0 Å². The number of rotatable bonds is 4. The fraction of sp³-hybridized carbons (Fsp3) is 0.467. The summed E-state index contributed by atoms with van der Waals surface area (Å²) in [5.74, 6) is 0. The quantitative estimate of drug-likeness (QED) is 0.899. The highest BCUT2D eigenvalue weighted by Crippen LogP contribution is 2.29. The first kappa shape index (κ1) is 16.1. The van der Waals surface area contributed by atoms with Crippen LogP contribution in [-0.2, 0) is 21.1 Å². The number of sulfone groups is 1. The van der Waals surface area contributed by atoms with E-state index in [0.29, 0.717) is 25.5 Å². The zero-order valence-corrected chi connectivity index (χ0v) is 14.0. The molecule has 23 heavy (non-hydrogen) atoms. The summed E-state index contributed by atoms with van der Waals surface area (Å²) >= 11 is 0.